The smallest absolute Gasteiger partial charge is 0.254 e. The van der Waals surface area contributed by atoms with Gasteiger partial charge in [-0.2, -0.15) is 0 Å². The van der Waals surface area contributed by atoms with Gasteiger partial charge in [-0.15, -0.1) is 0 Å². The van der Waals surface area contributed by atoms with Gasteiger partial charge in [-0.05, 0) is 48.5 Å². The van der Waals surface area contributed by atoms with E-state index in [1.165, 1.54) is 7.11 Å². The van der Waals surface area contributed by atoms with Crippen LogP contribution in [0.4, 0.5) is 5.69 Å². The SMILES string of the molecule is COc1ccc(C(=O)c2oc3cc(NC(=O)CCc4cc(OC)no4)ccc3c2C)cc1. The minimum atomic E-state index is -0.213. The van der Waals surface area contributed by atoms with Crippen LogP contribution in [0.2, 0.25) is 0 Å². The first-order valence-electron chi connectivity index (χ1n) is 10.00. The Balaban J connectivity index is 1.47. The summed E-state index contributed by atoms with van der Waals surface area (Å²) in [5.74, 6) is 1.49. The third-order valence-electron chi connectivity index (χ3n) is 5.13. The Morgan fingerprint density at radius 1 is 1.03 bits per heavy atom. The Labute approximate surface area is 184 Å². The highest BCUT2D eigenvalue weighted by atomic mass is 16.5. The molecule has 0 aliphatic rings. The van der Waals surface area contributed by atoms with Gasteiger partial charge in [0.25, 0.3) is 5.88 Å². The van der Waals surface area contributed by atoms with Gasteiger partial charge in [-0.1, -0.05) is 0 Å². The minimum Gasteiger partial charge on any atom is -0.497 e. The number of benzene rings is 2. The fourth-order valence-electron chi connectivity index (χ4n) is 3.36. The van der Waals surface area contributed by atoms with Crippen LogP contribution in [0.15, 0.2) is 57.5 Å². The number of ketones is 1. The molecule has 4 rings (SSSR count). The average molecular weight is 434 g/mol. The quantitative estimate of drug-likeness (QED) is 0.406. The number of ether oxygens (including phenoxy) is 2. The molecule has 8 heteroatoms. The molecule has 0 saturated heterocycles. The van der Waals surface area contributed by atoms with Gasteiger partial charge in [0.2, 0.25) is 11.7 Å². The summed E-state index contributed by atoms with van der Waals surface area (Å²) in [6, 6.07) is 13.8. The molecule has 0 atom stereocenters. The first kappa shape index (κ1) is 21.2. The molecule has 0 spiro atoms. The summed E-state index contributed by atoms with van der Waals surface area (Å²) in [4.78, 5) is 25.2. The number of carbonyl (C=O) groups is 2. The Kier molecular flexibility index (Phi) is 5.93. The lowest BCUT2D eigenvalue weighted by atomic mass is 10.0. The van der Waals surface area contributed by atoms with Crippen LogP contribution in [-0.2, 0) is 11.2 Å². The van der Waals surface area contributed by atoms with Gasteiger partial charge in [-0.3, -0.25) is 9.59 Å². The zero-order valence-corrected chi connectivity index (χ0v) is 17.9. The lowest BCUT2D eigenvalue weighted by Gasteiger charge is -2.04. The number of hydrogen-bond acceptors (Lipinski definition) is 7. The van der Waals surface area contributed by atoms with Gasteiger partial charge in [0.05, 0.1) is 14.2 Å². The molecule has 8 nitrogen and oxygen atoms in total. The molecule has 2 aromatic carbocycles. The monoisotopic (exact) mass is 434 g/mol. The summed E-state index contributed by atoms with van der Waals surface area (Å²) in [5, 5.41) is 7.36. The zero-order chi connectivity index (χ0) is 22.7. The normalized spacial score (nSPS) is 10.8. The molecular weight excluding hydrogens is 412 g/mol. The number of anilines is 1. The number of nitrogens with zero attached hydrogens (tertiary/aromatic N) is 1. The average Bonchev–Trinajstić information content (AvgIpc) is 3.41. The first-order chi connectivity index (χ1) is 15.5. The molecular formula is C24H22N2O6. The van der Waals surface area contributed by atoms with E-state index in [0.717, 1.165) is 10.9 Å². The number of rotatable bonds is 8. The molecule has 164 valence electrons. The largest absolute Gasteiger partial charge is 0.497 e. The van der Waals surface area contributed by atoms with Crippen LogP contribution in [0, 0.1) is 6.92 Å². The van der Waals surface area contributed by atoms with Crippen LogP contribution in [-0.4, -0.2) is 31.1 Å². The lowest BCUT2D eigenvalue weighted by Crippen LogP contribution is -2.12. The zero-order valence-electron chi connectivity index (χ0n) is 17.9. The first-order valence-corrected chi connectivity index (χ1v) is 10.00. The molecule has 0 fully saturated rings. The molecule has 0 radical (unpaired) electrons. The van der Waals surface area contributed by atoms with Crippen molar-refractivity contribution in [2.75, 3.05) is 19.5 Å². The summed E-state index contributed by atoms with van der Waals surface area (Å²) >= 11 is 0. The van der Waals surface area contributed by atoms with Crippen molar-refractivity contribution in [2.45, 2.75) is 19.8 Å². The number of amides is 1. The van der Waals surface area contributed by atoms with E-state index in [1.807, 2.05) is 13.0 Å². The number of nitrogens with one attached hydrogen (secondary N) is 1. The van der Waals surface area contributed by atoms with Crippen LogP contribution >= 0.6 is 0 Å². The van der Waals surface area contributed by atoms with Crippen LogP contribution in [0.25, 0.3) is 11.0 Å². The highest BCUT2D eigenvalue weighted by Gasteiger charge is 2.20. The summed E-state index contributed by atoms with van der Waals surface area (Å²) in [6.45, 7) is 1.84. The third kappa shape index (κ3) is 4.34. The summed E-state index contributed by atoms with van der Waals surface area (Å²) in [7, 11) is 3.07. The molecule has 1 amide bonds. The van der Waals surface area contributed by atoms with Crippen LogP contribution < -0.4 is 14.8 Å². The third-order valence-corrected chi connectivity index (χ3v) is 5.13. The number of aromatic nitrogens is 1. The van der Waals surface area contributed by atoms with Crippen LogP contribution in [0.3, 0.4) is 0 Å². The molecule has 2 heterocycles. The predicted molar refractivity (Wildman–Crippen MR) is 117 cm³/mol. The number of carbonyl (C=O) groups excluding carboxylic acids is 2. The maximum absolute atomic E-state index is 12.9. The van der Waals surface area contributed by atoms with E-state index in [0.29, 0.717) is 40.6 Å². The van der Waals surface area contributed by atoms with Crippen LogP contribution in [0.5, 0.6) is 11.6 Å². The highest BCUT2D eigenvalue weighted by molar-refractivity contribution is 6.10. The Hall–Kier alpha value is -4.07. The standard InChI is InChI=1S/C24H22N2O6/c1-14-19-10-6-16(25-21(27)11-9-18-13-22(30-3)26-32-18)12-20(19)31-24(14)23(28)15-4-7-17(29-2)8-5-15/h4-8,10,12-13H,9,11H2,1-3H3,(H,25,27). The number of hydrogen-bond donors (Lipinski definition) is 1. The van der Waals surface area contributed by atoms with E-state index in [9.17, 15) is 9.59 Å². The van der Waals surface area contributed by atoms with Gasteiger partial charge >= 0.3 is 0 Å². The van der Waals surface area contributed by atoms with E-state index < -0.39 is 0 Å². The molecule has 0 aliphatic carbocycles. The van der Waals surface area contributed by atoms with Crippen molar-refractivity contribution in [3.05, 3.63) is 71.2 Å². The van der Waals surface area contributed by atoms with E-state index in [4.69, 9.17) is 18.4 Å². The molecule has 0 unspecified atom stereocenters. The van der Waals surface area contributed by atoms with Gasteiger partial charge in [0, 0.05) is 47.2 Å². The van der Waals surface area contributed by atoms with Gasteiger partial charge in [0.15, 0.2) is 5.76 Å². The number of aryl methyl sites for hydroxylation is 2. The molecule has 0 aliphatic heterocycles. The topological polar surface area (TPSA) is 104 Å². The fraction of sp³-hybridized carbons (Fsp3) is 0.208. The van der Waals surface area contributed by atoms with Crippen molar-refractivity contribution >= 4 is 28.3 Å². The van der Waals surface area contributed by atoms with E-state index in [1.54, 1.807) is 49.6 Å². The summed E-state index contributed by atoms with van der Waals surface area (Å²) < 4.78 is 21.1. The van der Waals surface area contributed by atoms with Crippen LogP contribution in [0.1, 0.15) is 33.9 Å². The highest BCUT2D eigenvalue weighted by Crippen LogP contribution is 2.30. The van der Waals surface area contributed by atoms with Gasteiger partial charge in [-0.25, -0.2) is 0 Å². The van der Waals surface area contributed by atoms with Crippen molar-refractivity contribution < 1.29 is 28.0 Å². The summed E-state index contributed by atoms with van der Waals surface area (Å²) in [5.41, 5.74) is 2.36. The van der Waals surface area contributed by atoms with E-state index in [2.05, 4.69) is 10.5 Å². The van der Waals surface area contributed by atoms with Crippen molar-refractivity contribution in [3.8, 4) is 11.6 Å². The number of fused-ring (bicyclic) bond motifs is 1. The van der Waals surface area contributed by atoms with Crippen molar-refractivity contribution in [1.29, 1.82) is 0 Å². The molecule has 0 saturated carbocycles. The molecule has 2 aromatic heterocycles. The van der Waals surface area contributed by atoms with Gasteiger partial charge in [0.1, 0.15) is 17.1 Å². The maximum Gasteiger partial charge on any atom is 0.254 e. The second kappa shape index (κ2) is 8.97. The van der Waals surface area contributed by atoms with Crippen molar-refractivity contribution in [3.63, 3.8) is 0 Å². The Morgan fingerprint density at radius 3 is 2.50 bits per heavy atom. The maximum atomic E-state index is 12.9. The van der Waals surface area contributed by atoms with E-state index in [-0.39, 0.29) is 23.9 Å². The molecule has 4 aromatic rings. The van der Waals surface area contributed by atoms with E-state index >= 15 is 0 Å². The fourth-order valence-corrected chi connectivity index (χ4v) is 3.36. The summed E-state index contributed by atoms with van der Waals surface area (Å²) in [6.07, 6.45) is 0.611. The second-order valence-electron chi connectivity index (χ2n) is 7.21. The van der Waals surface area contributed by atoms with Gasteiger partial charge < -0.3 is 23.7 Å². The Morgan fingerprint density at radius 2 is 1.81 bits per heavy atom. The van der Waals surface area contributed by atoms with Crippen molar-refractivity contribution in [2.24, 2.45) is 0 Å². The minimum absolute atomic E-state index is 0.183. The van der Waals surface area contributed by atoms with Crippen molar-refractivity contribution in [1.82, 2.24) is 5.16 Å². The molecule has 1 N–H and O–H groups in total. The number of furan rings is 1. The predicted octanol–water partition coefficient (Wildman–Crippen LogP) is 4.55. The molecule has 0 bridgehead atoms. The number of methoxy groups -OCH3 is 2. The lowest BCUT2D eigenvalue weighted by molar-refractivity contribution is -0.116. The molecule has 32 heavy (non-hydrogen) atoms. The Bertz CT molecular complexity index is 1270. The second-order valence-corrected chi connectivity index (χ2v) is 7.21.